The lowest BCUT2D eigenvalue weighted by molar-refractivity contribution is 0.0135. The molecule has 4 rings (SSSR count). The first-order chi connectivity index (χ1) is 17.4. The second kappa shape index (κ2) is 11.7. The number of phenolic OH excluding ortho intramolecular Hbond substituents is 2. The van der Waals surface area contributed by atoms with Gasteiger partial charge in [-0.3, -0.25) is 9.59 Å². The zero-order chi connectivity index (χ0) is 25.5. The van der Waals surface area contributed by atoms with E-state index in [9.17, 15) is 19.8 Å². The van der Waals surface area contributed by atoms with Gasteiger partial charge in [0.25, 0.3) is 5.91 Å². The van der Waals surface area contributed by atoms with Gasteiger partial charge in [-0.05, 0) is 67.4 Å². The van der Waals surface area contributed by atoms with Crippen LogP contribution in [0.15, 0.2) is 66.7 Å². The standard InChI is InChI=1S/C28H30N2O6/c1-35-22-12-13-25(32)23(15-22)27(33)19-6-4-18(5-7-19)17-36-26-3-2-14-29-16-24(26)30-28(34)20-8-10-21(31)11-9-20/h4-13,15,24,26,29,31-32H,2-3,14,16-17H2,1H3,(H,30,34). The van der Waals surface area contributed by atoms with E-state index in [1.54, 1.807) is 30.3 Å². The summed E-state index contributed by atoms with van der Waals surface area (Å²) in [4.78, 5) is 25.6. The molecule has 8 heteroatoms. The number of benzene rings is 3. The Labute approximate surface area is 209 Å². The molecule has 2 atom stereocenters. The van der Waals surface area contributed by atoms with Crippen molar-refractivity contribution in [3.05, 3.63) is 89.0 Å². The smallest absolute Gasteiger partial charge is 0.251 e. The second-order valence-corrected chi connectivity index (χ2v) is 8.73. The van der Waals surface area contributed by atoms with Gasteiger partial charge in [-0.2, -0.15) is 0 Å². The van der Waals surface area contributed by atoms with E-state index in [1.165, 1.54) is 31.4 Å². The lowest BCUT2D eigenvalue weighted by Crippen LogP contribution is -2.48. The highest BCUT2D eigenvalue weighted by Gasteiger charge is 2.26. The van der Waals surface area contributed by atoms with E-state index in [1.807, 2.05) is 12.1 Å². The van der Waals surface area contributed by atoms with E-state index in [2.05, 4.69) is 10.6 Å². The van der Waals surface area contributed by atoms with Crippen LogP contribution in [0.4, 0.5) is 0 Å². The fourth-order valence-corrected chi connectivity index (χ4v) is 4.16. The fraction of sp³-hybridized carbons (Fsp3) is 0.286. The van der Waals surface area contributed by atoms with Gasteiger partial charge in [-0.1, -0.05) is 24.3 Å². The third kappa shape index (κ3) is 6.21. The summed E-state index contributed by atoms with van der Waals surface area (Å²) in [6.45, 7) is 1.76. The first-order valence-corrected chi connectivity index (χ1v) is 11.9. The lowest BCUT2D eigenvalue weighted by atomic mass is 10.0. The largest absolute Gasteiger partial charge is 0.508 e. The summed E-state index contributed by atoms with van der Waals surface area (Å²) >= 11 is 0. The highest BCUT2D eigenvalue weighted by atomic mass is 16.5. The van der Waals surface area contributed by atoms with Crippen LogP contribution in [0.2, 0.25) is 0 Å². The van der Waals surface area contributed by atoms with Gasteiger partial charge in [0.15, 0.2) is 5.78 Å². The molecular weight excluding hydrogens is 460 g/mol. The van der Waals surface area contributed by atoms with Crippen molar-refractivity contribution in [3.8, 4) is 17.2 Å². The van der Waals surface area contributed by atoms with E-state index >= 15 is 0 Å². The Kier molecular flexibility index (Phi) is 8.20. The number of nitrogens with one attached hydrogen (secondary N) is 2. The number of rotatable bonds is 8. The van der Waals surface area contributed by atoms with Crippen molar-refractivity contribution in [1.82, 2.24) is 10.6 Å². The van der Waals surface area contributed by atoms with Crippen LogP contribution in [0.5, 0.6) is 17.2 Å². The zero-order valence-corrected chi connectivity index (χ0v) is 20.1. The Hall–Kier alpha value is -3.88. The summed E-state index contributed by atoms with van der Waals surface area (Å²) in [7, 11) is 1.50. The van der Waals surface area contributed by atoms with Crippen LogP contribution in [0, 0.1) is 0 Å². The van der Waals surface area contributed by atoms with Crippen LogP contribution in [-0.4, -0.2) is 54.2 Å². The highest BCUT2D eigenvalue weighted by Crippen LogP contribution is 2.26. The van der Waals surface area contributed by atoms with Gasteiger partial charge in [0.2, 0.25) is 0 Å². The predicted octanol–water partition coefficient (Wildman–Crippen LogP) is 3.40. The number of hydrogen-bond donors (Lipinski definition) is 4. The summed E-state index contributed by atoms with van der Waals surface area (Å²) < 4.78 is 11.4. The Morgan fingerprint density at radius 3 is 2.44 bits per heavy atom. The van der Waals surface area contributed by atoms with Crippen molar-refractivity contribution in [3.63, 3.8) is 0 Å². The number of ether oxygens (including phenoxy) is 2. The number of carbonyl (C=O) groups is 2. The van der Waals surface area contributed by atoms with Crippen LogP contribution >= 0.6 is 0 Å². The van der Waals surface area contributed by atoms with Crippen molar-refractivity contribution < 1.29 is 29.3 Å². The molecule has 4 N–H and O–H groups in total. The Morgan fingerprint density at radius 1 is 1.00 bits per heavy atom. The van der Waals surface area contributed by atoms with E-state index in [0.29, 0.717) is 30.0 Å². The normalized spacial score (nSPS) is 17.7. The summed E-state index contributed by atoms with van der Waals surface area (Å²) in [5, 5.41) is 25.9. The molecule has 36 heavy (non-hydrogen) atoms. The monoisotopic (exact) mass is 490 g/mol. The van der Waals surface area contributed by atoms with Crippen LogP contribution in [0.1, 0.15) is 44.7 Å². The van der Waals surface area contributed by atoms with Crippen molar-refractivity contribution in [2.75, 3.05) is 20.2 Å². The van der Waals surface area contributed by atoms with Crippen LogP contribution in [0.3, 0.4) is 0 Å². The van der Waals surface area contributed by atoms with E-state index < -0.39 is 0 Å². The molecule has 0 bridgehead atoms. The van der Waals surface area contributed by atoms with Crippen LogP contribution in [0.25, 0.3) is 0 Å². The molecule has 0 spiro atoms. The number of amides is 1. The molecule has 2 unspecified atom stereocenters. The summed E-state index contributed by atoms with van der Waals surface area (Å²) in [6, 6.07) is 17.5. The fourth-order valence-electron chi connectivity index (χ4n) is 4.16. The Balaban J connectivity index is 1.39. The summed E-state index contributed by atoms with van der Waals surface area (Å²) in [5.41, 5.74) is 1.98. The molecule has 188 valence electrons. The number of ketones is 1. The van der Waals surface area contributed by atoms with E-state index in [0.717, 1.165) is 24.9 Å². The first kappa shape index (κ1) is 25.2. The van der Waals surface area contributed by atoms with Crippen molar-refractivity contribution in [2.45, 2.75) is 31.6 Å². The highest BCUT2D eigenvalue weighted by molar-refractivity contribution is 6.10. The van der Waals surface area contributed by atoms with E-state index in [-0.39, 0.29) is 40.9 Å². The topological polar surface area (TPSA) is 117 Å². The van der Waals surface area contributed by atoms with Gasteiger partial charge in [0.1, 0.15) is 17.2 Å². The molecule has 0 radical (unpaired) electrons. The molecule has 1 aliphatic rings. The second-order valence-electron chi connectivity index (χ2n) is 8.73. The molecule has 1 saturated heterocycles. The molecule has 0 saturated carbocycles. The van der Waals surface area contributed by atoms with Crippen LogP contribution < -0.4 is 15.4 Å². The average molecular weight is 491 g/mol. The van der Waals surface area contributed by atoms with Gasteiger partial charge in [-0.15, -0.1) is 0 Å². The Bertz CT molecular complexity index is 1190. The quantitative estimate of drug-likeness (QED) is 0.358. The van der Waals surface area contributed by atoms with Crippen molar-refractivity contribution in [2.24, 2.45) is 0 Å². The van der Waals surface area contributed by atoms with Gasteiger partial charge in [0, 0.05) is 17.7 Å². The van der Waals surface area contributed by atoms with Crippen LogP contribution in [-0.2, 0) is 11.3 Å². The van der Waals surface area contributed by atoms with Gasteiger partial charge in [0.05, 0.1) is 31.4 Å². The molecular formula is C28H30N2O6. The van der Waals surface area contributed by atoms with Gasteiger partial charge >= 0.3 is 0 Å². The third-order valence-electron chi connectivity index (χ3n) is 6.23. The zero-order valence-electron chi connectivity index (χ0n) is 20.1. The number of methoxy groups -OCH3 is 1. The lowest BCUT2D eigenvalue weighted by Gasteiger charge is -2.26. The molecule has 1 heterocycles. The molecule has 1 fully saturated rings. The first-order valence-electron chi connectivity index (χ1n) is 11.9. The number of hydrogen-bond acceptors (Lipinski definition) is 7. The van der Waals surface area contributed by atoms with Crippen molar-refractivity contribution >= 4 is 11.7 Å². The summed E-state index contributed by atoms with van der Waals surface area (Å²) in [6.07, 6.45) is 1.53. The third-order valence-corrected chi connectivity index (χ3v) is 6.23. The minimum Gasteiger partial charge on any atom is -0.508 e. The minimum absolute atomic E-state index is 0.101. The molecule has 0 aromatic heterocycles. The average Bonchev–Trinajstić information content (AvgIpc) is 3.13. The molecule has 1 amide bonds. The molecule has 1 aliphatic heterocycles. The Morgan fingerprint density at radius 2 is 1.72 bits per heavy atom. The number of aromatic hydroxyl groups is 2. The minimum atomic E-state index is -0.300. The maximum Gasteiger partial charge on any atom is 0.251 e. The number of phenols is 2. The molecule has 3 aromatic carbocycles. The molecule has 0 aliphatic carbocycles. The number of carbonyl (C=O) groups excluding carboxylic acids is 2. The van der Waals surface area contributed by atoms with Crippen molar-refractivity contribution in [1.29, 1.82) is 0 Å². The molecule has 3 aromatic rings. The summed E-state index contributed by atoms with van der Waals surface area (Å²) in [5.74, 6) is -0.0229. The predicted molar refractivity (Wildman–Crippen MR) is 135 cm³/mol. The SMILES string of the molecule is COc1ccc(O)c(C(=O)c2ccc(COC3CCCNCC3NC(=O)c3ccc(O)cc3)cc2)c1. The molecule has 8 nitrogen and oxygen atoms in total. The van der Waals surface area contributed by atoms with Gasteiger partial charge < -0.3 is 30.3 Å². The maximum atomic E-state index is 12.9. The van der Waals surface area contributed by atoms with E-state index in [4.69, 9.17) is 9.47 Å². The van der Waals surface area contributed by atoms with Gasteiger partial charge in [-0.25, -0.2) is 0 Å². The maximum absolute atomic E-state index is 12.9.